The predicted molar refractivity (Wildman–Crippen MR) is 107 cm³/mol. The number of hydrogen-bond donors (Lipinski definition) is 2. The molecule has 0 spiro atoms. The highest BCUT2D eigenvalue weighted by molar-refractivity contribution is 8.13. The van der Waals surface area contributed by atoms with Crippen molar-refractivity contribution >= 4 is 23.1 Å². The molecule has 2 aromatic carbocycles. The van der Waals surface area contributed by atoms with Crippen LogP contribution in [0.25, 0.3) is 0 Å². The van der Waals surface area contributed by atoms with Gasteiger partial charge < -0.3 is 10.5 Å². The smallest absolute Gasteiger partial charge is 0.406 e. The second-order valence-corrected chi connectivity index (χ2v) is 7.54. The first kappa shape index (κ1) is 21.8. The Morgan fingerprint density at radius 1 is 1.11 bits per heavy atom. The standard InChI is InChI=1S/C20H22F3N3OS/c1-14(2)11-15-3-5-16(6-4-15)12-25-26-19(24)28-13-17-7-9-18(10-8-17)27-20(21,22)23/h3-10,12,14H,11,13H2,1-2H3,(H2,24,26)/p+1. The maximum absolute atomic E-state index is 12.1. The van der Waals surface area contributed by atoms with Gasteiger partial charge >= 0.3 is 6.36 Å². The number of hydrazone groups is 1. The van der Waals surface area contributed by atoms with Gasteiger partial charge in [-0.25, -0.2) is 0 Å². The number of amidine groups is 1. The average molecular weight is 410 g/mol. The fourth-order valence-corrected chi connectivity index (χ4v) is 2.99. The zero-order valence-corrected chi connectivity index (χ0v) is 16.5. The quantitative estimate of drug-likeness (QED) is 0.418. The normalized spacial score (nSPS) is 12.7. The third-order valence-electron chi connectivity index (χ3n) is 3.57. The summed E-state index contributed by atoms with van der Waals surface area (Å²) in [5.74, 6) is 0.842. The topological polar surface area (TPSA) is 61.6 Å². The van der Waals surface area contributed by atoms with E-state index in [1.165, 1.54) is 29.5 Å². The van der Waals surface area contributed by atoms with E-state index in [9.17, 15) is 13.2 Å². The van der Waals surface area contributed by atoms with Crippen LogP contribution >= 0.6 is 11.8 Å². The first-order valence-corrected chi connectivity index (χ1v) is 9.68. The maximum Gasteiger partial charge on any atom is 0.573 e. The lowest BCUT2D eigenvalue weighted by Crippen LogP contribution is -2.62. The monoisotopic (exact) mass is 410 g/mol. The molecular weight excluding hydrogens is 387 g/mol. The lowest BCUT2D eigenvalue weighted by atomic mass is 10.0. The van der Waals surface area contributed by atoms with E-state index in [-0.39, 0.29) is 5.75 Å². The zero-order valence-electron chi connectivity index (χ0n) is 15.7. The summed E-state index contributed by atoms with van der Waals surface area (Å²) in [6.45, 7) is 4.36. The van der Waals surface area contributed by atoms with Crippen molar-refractivity contribution in [3.63, 3.8) is 0 Å². The van der Waals surface area contributed by atoms with E-state index in [0.29, 0.717) is 16.8 Å². The minimum Gasteiger partial charge on any atom is -0.406 e. The fourth-order valence-electron chi connectivity index (χ4n) is 2.37. The van der Waals surface area contributed by atoms with Crippen LogP contribution in [0, 0.1) is 5.92 Å². The SMILES string of the molecule is CC(C)Cc1ccc(C=[NH+]N=C(N)SCc2ccc(OC(F)(F)F)cc2)cc1. The Morgan fingerprint density at radius 3 is 2.29 bits per heavy atom. The molecule has 0 radical (unpaired) electrons. The average Bonchev–Trinajstić information content (AvgIpc) is 2.61. The predicted octanol–water partition coefficient (Wildman–Crippen LogP) is 3.45. The number of nitrogens with two attached hydrogens (primary N) is 1. The number of nitrogens with zero attached hydrogens (tertiary/aromatic N) is 1. The van der Waals surface area contributed by atoms with Gasteiger partial charge in [-0.15, -0.1) is 18.3 Å². The molecule has 0 bridgehead atoms. The molecule has 0 atom stereocenters. The first-order valence-electron chi connectivity index (χ1n) is 8.69. The van der Waals surface area contributed by atoms with Gasteiger partial charge in [0.15, 0.2) is 0 Å². The van der Waals surface area contributed by atoms with Crippen LogP contribution in [0.2, 0.25) is 0 Å². The molecule has 4 nitrogen and oxygen atoms in total. The second-order valence-electron chi connectivity index (χ2n) is 6.54. The van der Waals surface area contributed by atoms with Crippen LogP contribution in [0.15, 0.2) is 53.6 Å². The molecule has 0 aliphatic heterocycles. The Kier molecular flexibility index (Phi) is 7.92. The van der Waals surface area contributed by atoms with Crippen molar-refractivity contribution < 1.29 is 23.0 Å². The highest BCUT2D eigenvalue weighted by Gasteiger charge is 2.30. The Morgan fingerprint density at radius 2 is 1.71 bits per heavy atom. The van der Waals surface area contributed by atoms with E-state index in [1.54, 1.807) is 18.3 Å². The molecule has 0 unspecified atom stereocenters. The van der Waals surface area contributed by atoms with Gasteiger partial charge in [0, 0.05) is 16.4 Å². The van der Waals surface area contributed by atoms with Gasteiger partial charge in [0.05, 0.1) is 0 Å². The second kappa shape index (κ2) is 10.2. The molecule has 2 rings (SSSR count). The molecule has 2 aromatic rings. The molecule has 0 aliphatic rings. The summed E-state index contributed by atoms with van der Waals surface area (Å²) in [4.78, 5) is 0. The molecule has 8 heteroatoms. The van der Waals surface area contributed by atoms with Gasteiger partial charge in [0.1, 0.15) is 5.75 Å². The van der Waals surface area contributed by atoms with Crippen LogP contribution in [-0.2, 0) is 12.2 Å². The molecule has 3 N–H and O–H groups in total. The van der Waals surface area contributed by atoms with Crippen LogP contribution in [0.4, 0.5) is 13.2 Å². The minimum absolute atomic E-state index is 0.251. The number of nitrogens with one attached hydrogen (secondary N) is 1. The van der Waals surface area contributed by atoms with Crippen molar-refractivity contribution in [1.29, 1.82) is 0 Å². The van der Waals surface area contributed by atoms with Gasteiger partial charge in [-0.3, -0.25) is 0 Å². The number of thioether (sulfide) groups is 1. The maximum atomic E-state index is 12.1. The number of rotatable bonds is 7. The lowest BCUT2D eigenvalue weighted by Gasteiger charge is -2.08. The number of hydrogen-bond acceptors (Lipinski definition) is 3. The third-order valence-corrected chi connectivity index (χ3v) is 4.44. The fraction of sp³-hybridized carbons (Fsp3) is 0.300. The van der Waals surface area contributed by atoms with Gasteiger partial charge in [-0.05, 0) is 47.7 Å². The summed E-state index contributed by atoms with van der Waals surface area (Å²) >= 11 is 1.28. The Hall–Kier alpha value is -2.48. The summed E-state index contributed by atoms with van der Waals surface area (Å²) < 4.78 is 40.2. The van der Waals surface area contributed by atoms with Crippen molar-refractivity contribution in [3.8, 4) is 5.75 Å². The van der Waals surface area contributed by atoms with Crippen LogP contribution in [0.3, 0.4) is 0 Å². The van der Waals surface area contributed by atoms with Crippen molar-refractivity contribution in [1.82, 2.24) is 0 Å². The lowest BCUT2D eigenvalue weighted by molar-refractivity contribution is -0.456. The number of benzene rings is 2. The highest BCUT2D eigenvalue weighted by atomic mass is 32.2. The Balaban J connectivity index is 1.83. The number of ether oxygens (including phenoxy) is 1. The van der Waals surface area contributed by atoms with E-state index >= 15 is 0 Å². The number of alkyl halides is 3. The molecule has 150 valence electrons. The molecule has 0 aliphatic carbocycles. The third kappa shape index (κ3) is 8.47. The summed E-state index contributed by atoms with van der Waals surface area (Å²) in [6.07, 6.45) is -1.90. The van der Waals surface area contributed by atoms with Crippen LogP contribution in [0.1, 0.15) is 30.5 Å². The molecule has 0 saturated carbocycles. The van der Waals surface area contributed by atoms with Crippen LogP contribution < -0.4 is 15.6 Å². The van der Waals surface area contributed by atoms with Gasteiger partial charge in [-0.1, -0.05) is 49.9 Å². The zero-order chi connectivity index (χ0) is 20.6. The summed E-state index contributed by atoms with van der Waals surface area (Å²) in [6, 6.07) is 13.8. The minimum atomic E-state index is -4.69. The van der Waals surface area contributed by atoms with E-state index < -0.39 is 6.36 Å². The molecule has 0 heterocycles. The summed E-state index contributed by atoms with van der Waals surface area (Å²) in [7, 11) is 0. The van der Waals surface area contributed by atoms with Crippen molar-refractivity contribution in [2.45, 2.75) is 32.4 Å². The first-order chi connectivity index (χ1) is 13.2. The largest absolute Gasteiger partial charge is 0.573 e. The van der Waals surface area contributed by atoms with Gasteiger partial charge in [0.2, 0.25) is 11.4 Å². The van der Waals surface area contributed by atoms with Crippen molar-refractivity contribution in [2.24, 2.45) is 16.8 Å². The molecule has 0 amide bonds. The molecule has 0 aromatic heterocycles. The van der Waals surface area contributed by atoms with Crippen molar-refractivity contribution in [2.75, 3.05) is 0 Å². The molecule has 0 saturated heterocycles. The van der Waals surface area contributed by atoms with Gasteiger partial charge in [0.25, 0.3) is 0 Å². The molecule has 0 fully saturated rings. The highest BCUT2D eigenvalue weighted by Crippen LogP contribution is 2.23. The van der Waals surface area contributed by atoms with E-state index in [2.05, 4.69) is 40.9 Å². The van der Waals surface area contributed by atoms with Gasteiger partial charge in [-0.2, -0.15) is 0 Å². The molecule has 28 heavy (non-hydrogen) atoms. The summed E-state index contributed by atoms with van der Waals surface area (Å²) in [5, 5.41) is 7.18. The van der Waals surface area contributed by atoms with Crippen LogP contribution in [-0.4, -0.2) is 17.7 Å². The Labute approximate surface area is 166 Å². The van der Waals surface area contributed by atoms with E-state index in [0.717, 1.165) is 17.5 Å². The summed E-state index contributed by atoms with van der Waals surface area (Å²) in [5.41, 5.74) is 8.91. The van der Waals surface area contributed by atoms with Crippen molar-refractivity contribution in [3.05, 3.63) is 65.2 Å². The Bertz CT molecular complexity index is 801. The van der Waals surface area contributed by atoms with E-state index in [1.807, 2.05) is 12.1 Å². The number of halogens is 3. The van der Waals surface area contributed by atoms with Crippen LogP contribution in [0.5, 0.6) is 5.75 Å². The molecular formula is C20H23F3N3OS+. The van der Waals surface area contributed by atoms with E-state index in [4.69, 9.17) is 5.73 Å².